The summed E-state index contributed by atoms with van der Waals surface area (Å²) in [5, 5.41) is 32.6. The Bertz CT molecular complexity index is 731. The van der Waals surface area contributed by atoms with Gasteiger partial charge in [0.15, 0.2) is 0 Å². The fourth-order valence-corrected chi connectivity index (χ4v) is 3.03. The fraction of sp³-hybridized carbons (Fsp3) is 0.200. The van der Waals surface area contributed by atoms with Crippen molar-refractivity contribution in [2.75, 3.05) is 5.75 Å². The summed E-state index contributed by atoms with van der Waals surface area (Å²) in [5.74, 6) is -1.60. The molecule has 2 rings (SSSR count). The number of hydrogen-bond donors (Lipinski definition) is 4. The standard InChI is InChI=1S/C15H15NO5S/c1-8(17)16-11(15(20)21)7-22-13-6-12(18)9-4-2-3-5-10(9)14(13)19/h2-6,11,18-19H,7H2,1H3,(H,16,17)(H,20,21). The van der Waals surface area contributed by atoms with Gasteiger partial charge in [-0.1, -0.05) is 24.3 Å². The molecule has 0 bridgehead atoms. The summed E-state index contributed by atoms with van der Waals surface area (Å²) in [6.07, 6.45) is 0. The molecule has 4 N–H and O–H groups in total. The van der Waals surface area contributed by atoms with Crippen molar-refractivity contribution in [1.82, 2.24) is 5.32 Å². The number of phenolic OH excluding ortho intramolecular Hbond substituents is 2. The maximum atomic E-state index is 11.1. The Hall–Kier alpha value is -2.41. The lowest BCUT2D eigenvalue weighted by Crippen LogP contribution is -2.41. The number of amides is 1. The van der Waals surface area contributed by atoms with Crippen LogP contribution < -0.4 is 5.32 Å². The number of fused-ring (bicyclic) bond motifs is 1. The first-order valence-electron chi connectivity index (χ1n) is 6.46. The van der Waals surface area contributed by atoms with E-state index in [-0.39, 0.29) is 17.3 Å². The Morgan fingerprint density at radius 1 is 1.23 bits per heavy atom. The van der Waals surface area contributed by atoms with Gasteiger partial charge in [-0.05, 0) is 6.07 Å². The molecule has 0 saturated carbocycles. The average molecular weight is 321 g/mol. The Balaban J connectivity index is 2.26. The van der Waals surface area contributed by atoms with Crippen LogP contribution in [0.5, 0.6) is 11.5 Å². The van der Waals surface area contributed by atoms with Crippen LogP contribution in [0, 0.1) is 0 Å². The number of carboxylic acids is 1. The molecule has 22 heavy (non-hydrogen) atoms. The van der Waals surface area contributed by atoms with E-state index in [9.17, 15) is 19.8 Å². The highest BCUT2D eigenvalue weighted by Gasteiger charge is 2.20. The third-order valence-corrected chi connectivity index (χ3v) is 4.16. The van der Waals surface area contributed by atoms with Crippen LogP contribution in [0.4, 0.5) is 0 Å². The summed E-state index contributed by atoms with van der Waals surface area (Å²) >= 11 is 1.05. The third-order valence-electron chi connectivity index (χ3n) is 3.04. The normalized spacial score (nSPS) is 12.0. The molecule has 2 aromatic carbocycles. The zero-order valence-electron chi connectivity index (χ0n) is 11.7. The molecule has 1 amide bonds. The smallest absolute Gasteiger partial charge is 0.327 e. The van der Waals surface area contributed by atoms with Crippen LogP contribution in [0.25, 0.3) is 10.8 Å². The topological polar surface area (TPSA) is 107 Å². The summed E-state index contributed by atoms with van der Waals surface area (Å²) in [6, 6.07) is 7.12. The van der Waals surface area contributed by atoms with E-state index in [0.29, 0.717) is 15.7 Å². The monoisotopic (exact) mass is 321 g/mol. The van der Waals surface area contributed by atoms with Crippen LogP contribution in [0.2, 0.25) is 0 Å². The maximum absolute atomic E-state index is 11.1. The van der Waals surface area contributed by atoms with Gasteiger partial charge in [-0.3, -0.25) is 4.79 Å². The quantitative estimate of drug-likeness (QED) is 0.495. The van der Waals surface area contributed by atoms with Crippen molar-refractivity contribution < 1.29 is 24.9 Å². The van der Waals surface area contributed by atoms with E-state index in [1.54, 1.807) is 24.3 Å². The lowest BCUT2D eigenvalue weighted by molar-refractivity contribution is -0.140. The fourth-order valence-electron chi connectivity index (χ4n) is 2.02. The lowest BCUT2D eigenvalue weighted by atomic mass is 10.1. The summed E-state index contributed by atoms with van der Waals surface area (Å²) in [4.78, 5) is 22.4. The SMILES string of the molecule is CC(=O)NC(CSc1cc(O)c2ccccc2c1O)C(=O)O. The van der Waals surface area contributed by atoms with Gasteiger partial charge < -0.3 is 20.6 Å². The van der Waals surface area contributed by atoms with Gasteiger partial charge in [-0.15, -0.1) is 11.8 Å². The maximum Gasteiger partial charge on any atom is 0.327 e. The highest BCUT2D eigenvalue weighted by Crippen LogP contribution is 2.40. The first-order valence-corrected chi connectivity index (χ1v) is 7.45. The minimum absolute atomic E-state index is 0.00213. The van der Waals surface area contributed by atoms with E-state index < -0.39 is 17.9 Å². The van der Waals surface area contributed by atoms with E-state index in [2.05, 4.69) is 5.32 Å². The predicted octanol–water partition coefficient (Wildman–Crippen LogP) is 1.93. The molecule has 0 radical (unpaired) electrons. The summed E-state index contributed by atoms with van der Waals surface area (Å²) in [7, 11) is 0. The lowest BCUT2D eigenvalue weighted by Gasteiger charge is -2.14. The van der Waals surface area contributed by atoms with Crippen LogP contribution in [0.1, 0.15) is 6.92 Å². The van der Waals surface area contributed by atoms with E-state index in [0.717, 1.165) is 11.8 Å². The molecule has 1 atom stereocenters. The van der Waals surface area contributed by atoms with E-state index >= 15 is 0 Å². The van der Waals surface area contributed by atoms with Crippen molar-refractivity contribution in [2.45, 2.75) is 17.9 Å². The highest BCUT2D eigenvalue weighted by atomic mass is 32.2. The van der Waals surface area contributed by atoms with Gasteiger partial charge in [-0.25, -0.2) is 4.79 Å². The van der Waals surface area contributed by atoms with Crippen molar-refractivity contribution >= 4 is 34.4 Å². The van der Waals surface area contributed by atoms with Crippen molar-refractivity contribution in [2.24, 2.45) is 0 Å². The number of carboxylic acid groups (broad SMARTS) is 1. The molecule has 7 heteroatoms. The summed E-state index contributed by atoms with van der Waals surface area (Å²) in [6.45, 7) is 1.24. The molecule has 0 aliphatic carbocycles. The van der Waals surface area contributed by atoms with Crippen LogP contribution in [-0.4, -0.2) is 39.0 Å². The zero-order valence-corrected chi connectivity index (χ0v) is 12.6. The first kappa shape index (κ1) is 16.0. The van der Waals surface area contributed by atoms with Gasteiger partial charge in [0.25, 0.3) is 0 Å². The summed E-state index contributed by atoms with van der Waals surface area (Å²) < 4.78 is 0. The molecule has 0 aromatic heterocycles. The average Bonchev–Trinajstić information content (AvgIpc) is 2.47. The number of thioether (sulfide) groups is 1. The van der Waals surface area contributed by atoms with Crippen molar-refractivity contribution in [3.8, 4) is 11.5 Å². The van der Waals surface area contributed by atoms with Crippen LogP contribution in [-0.2, 0) is 9.59 Å². The Kier molecular flexibility index (Phi) is 4.77. The number of hydrogen-bond acceptors (Lipinski definition) is 5. The molecule has 1 unspecified atom stereocenters. The van der Waals surface area contributed by atoms with Crippen molar-refractivity contribution in [3.05, 3.63) is 30.3 Å². The van der Waals surface area contributed by atoms with Crippen LogP contribution >= 0.6 is 11.8 Å². The molecule has 116 valence electrons. The number of aliphatic carboxylic acids is 1. The Morgan fingerprint density at radius 2 is 1.86 bits per heavy atom. The van der Waals surface area contributed by atoms with Gasteiger partial charge in [-0.2, -0.15) is 0 Å². The van der Waals surface area contributed by atoms with Crippen molar-refractivity contribution in [1.29, 1.82) is 0 Å². The van der Waals surface area contributed by atoms with Gasteiger partial charge in [0, 0.05) is 23.4 Å². The minimum Gasteiger partial charge on any atom is -0.507 e. The first-order chi connectivity index (χ1) is 10.4. The van der Waals surface area contributed by atoms with Crippen molar-refractivity contribution in [3.63, 3.8) is 0 Å². The molecule has 0 aliphatic rings. The molecule has 6 nitrogen and oxygen atoms in total. The molecule has 2 aromatic rings. The number of benzene rings is 2. The number of carbonyl (C=O) groups is 2. The highest BCUT2D eigenvalue weighted by molar-refractivity contribution is 7.99. The summed E-state index contributed by atoms with van der Waals surface area (Å²) in [5.41, 5.74) is 0. The number of aromatic hydroxyl groups is 2. The largest absolute Gasteiger partial charge is 0.507 e. The third kappa shape index (κ3) is 3.43. The molecule has 0 saturated heterocycles. The Morgan fingerprint density at radius 3 is 2.45 bits per heavy atom. The van der Waals surface area contributed by atoms with E-state index in [1.165, 1.54) is 13.0 Å². The van der Waals surface area contributed by atoms with Gasteiger partial charge in [0.05, 0.1) is 4.90 Å². The Labute approximate surface area is 130 Å². The van der Waals surface area contributed by atoms with E-state index in [1.807, 2.05) is 0 Å². The van der Waals surface area contributed by atoms with Gasteiger partial charge in [0.2, 0.25) is 5.91 Å². The van der Waals surface area contributed by atoms with Gasteiger partial charge in [0.1, 0.15) is 17.5 Å². The molecule has 0 heterocycles. The number of phenols is 2. The zero-order chi connectivity index (χ0) is 16.3. The van der Waals surface area contributed by atoms with Crippen LogP contribution in [0.15, 0.2) is 35.2 Å². The van der Waals surface area contributed by atoms with Gasteiger partial charge >= 0.3 is 5.97 Å². The van der Waals surface area contributed by atoms with Crippen LogP contribution in [0.3, 0.4) is 0 Å². The molecular weight excluding hydrogens is 306 g/mol. The predicted molar refractivity (Wildman–Crippen MR) is 83.2 cm³/mol. The van der Waals surface area contributed by atoms with E-state index in [4.69, 9.17) is 5.11 Å². The second-order valence-corrected chi connectivity index (χ2v) is 5.75. The molecule has 0 spiro atoms. The molecule has 0 fully saturated rings. The second-order valence-electron chi connectivity index (χ2n) is 4.69. The molecular formula is C15H15NO5S. The number of rotatable bonds is 5. The minimum atomic E-state index is -1.16. The number of carbonyl (C=O) groups excluding carboxylic acids is 1. The number of nitrogens with one attached hydrogen (secondary N) is 1. The molecule has 0 aliphatic heterocycles. The second kappa shape index (κ2) is 6.57.